The maximum atomic E-state index is 10.5. The fourth-order valence-electron chi connectivity index (χ4n) is 6.10. The smallest absolute Gasteiger partial charge is 0.115 e. The second kappa shape index (κ2) is 4.49. The predicted molar refractivity (Wildman–Crippen MR) is 83.3 cm³/mol. The summed E-state index contributed by atoms with van der Waals surface area (Å²) in [6, 6.07) is 5.98. The van der Waals surface area contributed by atoms with E-state index in [1.807, 2.05) is 12.1 Å². The molecule has 0 spiro atoms. The molecular formula is C19H26O2. The van der Waals surface area contributed by atoms with Gasteiger partial charge in [-0.05, 0) is 84.5 Å². The normalized spacial score (nSPS) is 44.8. The van der Waals surface area contributed by atoms with Crippen molar-refractivity contribution in [3.8, 4) is 5.75 Å². The molecule has 0 saturated heterocycles. The van der Waals surface area contributed by atoms with E-state index in [2.05, 4.69) is 19.9 Å². The SMILES string of the molecule is C[C@H]1C[C@@]2(C)[C@H](CC[C@@H]2O)[C@@H]2CCc3cc(O)ccc3[C@H]21. The molecule has 2 saturated carbocycles. The van der Waals surface area contributed by atoms with Crippen LogP contribution in [0.15, 0.2) is 18.2 Å². The third-order valence-electron chi connectivity index (χ3n) is 6.95. The molecule has 114 valence electrons. The fourth-order valence-corrected chi connectivity index (χ4v) is 6.10. The largest absolute Gasteiger partial charge is 0.508 e. The highest BCUT2D eigenvalue weighted by Gasteiger charge is 2.56. The second-order valence-electron chi connectivity index (χ2n) is 8.00. The number of aliphatic hydroxyl groups excluding tert-OH is 1. The first-order chi connectivity index (χ1) is 10.0. The van der Waals surface area contributed by atoms with Crippen molar-refractivity contribution in [1.82, 2.24) is 0 Å². The summed E-state index contributed by atoms with van der Waals surface area (Å²) in [7, 11) is 0. The highest BCUT2D eigenvalue weighted by atomic mass is 16.3. The van der Waals surface area contributed by atoms with Gasteiger partial charge < -0.3 is 10.2 Å². The van der Waals surface area contributed by atoms with Gasteiger partial charge >= 0.3 is 0 Å². The third kappa shape index (κ3) is 1.81. The van der Waals surface area contributed by atoms with E-state index in [1.54, 1.807) is 0 Å². The van der Waals surface area contributed by atoms with Crippen LogP contribution in [0.4, 0.5) is 0 Å². The molecular weight excluding hydrogens is 260 g/mol. The van der Waals surface area contributed by atoms with Crippen molar-refractivity contribution < 1.29 is 10.2 Å². The van der Waals surface area contributed by atoms with Crippen molar-refractivity contribution in [2.45, 2.75) is 58.0 Å². The van der Waals surface area contributed by atoms with E-state index in [0.717, 1.165) is 19.3 Å². The van der Waals surface area contributed by atoms with Crippen LogP contribution in [0.5, 0.6) is 5.75 Å². The highest BCUT2D eigenvalue weighted by molar-refractivity contribution is 5.40. The lowest BCUT2D eigenvalue weighted by molar-refractivity contribution is -0.0441. The van der Waals surface area contributed by atoms with Crippen LogP contribution >= 0.6 is 0 Å². The van der Waals surface area contributed by atoms with Gasteiger partial charge in [0.2, 0.25) is 0 Å². The van der Waals surface area contributed by atoms with Crippen molar-refractivity contribution in [3.05, 3.63) is 29.3 Å². The lowest BCUT2D eigenvalue weighted by atomic mass is 9.52. The average Bonchev–Trinajstić information content (AvgIpc) is 2.74. The number of rotatable bonds is 0. The minimum atomic E-state index is -0.105. The van der Waals surface area contributed by atoms with Gasteiger partial charge in [-0.25, -0.2) is 0 Å². The molecule has 0 aliphatic heterocycles. The fraction of sp³-hybridized carbons (Fsp3) is 0.684. The third-order valence-corrected chi connectivity index (χ3v) is 6.95. The van der Waals surface area contributed by atoms with Crippen molar-refractivity contribution >= 4 is 0 Å². The molecule has 0 radical (unpaired) electrons. The van der Waals surface area contributed by atoms with Gasteiger partial charge in [-0.1, -0.05) is 19.9 Å². The predicted octanol–water partition coefficient (Wildman–Crippen LogP) is 3.86. The number of hydrogen-bond donors (Lipinski definition) is 2. The van der Waals surface area contributed by atoms with Gasteiger partial charge in [-0.15, -0.1) is 0 Å². The molecule has 0 amide bonds. The molecule has 6 atom stereocenters. The molecule has 0 heterocycles. The lowest BCUT2D eigenvalue weighted by Gasteiger charge is -2.53. The van der Waals surface area contributed by atoms with Crippen molar-refractivity contribution in [3.63, 3.8) is 0 Å². The van der Waals surface area contributed by atoms with Crippen molar-refractivity contribution in [2.75, 3.05) is 0 Å². The number of phenolic OH excluding ortho intramolecular Hbond substituents is 1. The van der Waals surface area contributed by atoms with Gasteiger partial charge in [0.15, 0.2) is 0 Å². The Kier molecular flexibility index (Phi) is 2.91. The van der Waals surface area contributed by atoms with Crippen LogP contribution in [0.25, 0.3) is 0 Å². The zero-order chi connectivity index (χ0) is 14.8. The summed E-state index contributed by atoms with van der Waals surface area (Å²) in [5.74, 6) is 3.03. The minimum Gasteiger partial charge on any atom is -0.508 e. The summed E-state index contributed by atoms with van der Waals surface area (Å²) in [6.45, 7) is 4.69. The van der Waals surface area contributed by atoms with Gasteiger partial charge in [-0.3, -0.25) is 0 Å². The van der Waals surface area contributed by atoms with Gasteiger partial charge in [0.05, 0.1) is 6.10 Å². The van der Waals surface area contributed by atoms with Gasteiger partial charge in [0.1, 0.15) is 5.75 Å². The first-order valence-electron chi connectivity index (χ1n) is 8.50. The minimum absolute atomic E-state index is 0.105. The molecule has 1 aromatic rings. The second-order valence-corrected chi connectivity index (χ2v) is 8.00. The Labute approximate surface area is 127 Å². The molecule has 4 rings (SSSR count). The van der Waals surface area contributed by atoms with Crippen LogP contribution in [-0.4, -0.2) is 16.3 Å². The molecule has 3 aliphatic carbocycles. The van der Waals surface area contributed by atoms with Crippen LogP contribution in [0.3, 0.4) is 0 Å². The Hall–Kier alpha value is -1.02. The first-order valence-corrected chi connectivity index (χ1v) is 8.50. The quantitative estimate of drug-likeness (QED) is 0.760. The maximum Gasteiger partial charge on any atom is 0.115 e. The van der Waals surface area contributed by atoms with Crippen LogP contribution < -0.4 is 0 Å². The monoisotopic (exact) mass is 286 g/mol. The average molecular weight is 286 g/mol. The summed E-state index contributed by atoms with van der Waals surface area (Å²) >= 11 is 0. The van der Waals surface area contributed by atoms with E-state index in [9.17, 15) is 10.2 Å². The number of aryl methyl sites for hydroxylation is 1. The number of benzene rings is 1. The topological polar surface area (TPSA) is 40.5 Å². The number of phenols is 1. The Morgan fingerprint density at radius 1 is 1.19 bits per heavy atom. The van der Waals surface area contributed by atoms with Gasteiger partial charge in [-0.2, -0.15) is 0 Å². The Bertz CT molecular complexity index is 567. The molecule has 3 aliphatic rings. The van der Waals surface area contributed by atoms with E-state index in [0.29, 0.717) is 29.4 Å². The van der Waals surface area contributed by atoms with Gasteiger partial charge in [0.25, 0.3) is 0 Å². The van der Waals surface area contributed by atoms with Crippen molar-refractivity contribution in [2.24, 2.45) is 23.2 Å². The first kappa shape index (κ1) is 13.6. The van der Waals surface area contributed by atoms with E-state index in [1.165, 1.54) is 24.0 Å². The van der Waals surface area contributed by atoms with E-state index >= 15 is 0 Å². The summed E-state index contributed by atoms with van der Waals surface area (Å²) in [6.07, 6.45) is 5.52. The summed E-state index contributed by atoms with van der Waals surface area (Å²) < 4.78 is 0. The molecule has 2 fully saturated rings. The van der Waals surface area contributed by atoms with Crippen LogP contribution in [0.2, 0.25) is 0 Å². The molecule has 2 N–H and O–H groups in total. The summed E-state index contributed by atoms with van der Waals surface area (Å²) in [4.78, 5) is 0. The van der Waals surface area contributed by atoms with Crippen LogP contribution in [0.1, 0.15) is 56.6 Å². The summed E-state index contributed by atoms with van der Waals surface area (Å²) in [5, 5.41) is 20.2. The number of hydrogen-bond acceptors (Lipinski definition) is 2. The Balaban J connectivity index is 1.76. The molecule has 2 nitrogen and oxygen atoms in total. The standard InChI is InChI=1S/C19H26O2/c1-11-10-19(2)16(7-8-17(19)21)15-5-3-12-9-13(20)4-6-14(12)18(11)15/h4,6,9,11,15-18,20-21H,3,5,7-8,10H2,1-2H3/t11-,15-,16+,17-,18+,19-/m0/s1. The number of aromatic hydroxyl groups is 1. The van der Waals surface area contributed by atoms with E-state index in [-0.39, 0.29) is 11.5 Å². The Morgan fingerprint density at radius 2 is 2.00 bits per heavy atom. The van der Waals surface area contributed by atoms with Crippen LogP contribution in [-0.2, 0) is 6.42 Å². The lowest BCUT2D eigenvalue weighted by Crippen LogP contribution is -2.47. The zero-order valence-electron chi connectivity index (χ0n) is 13.0. The Morgan fingerprint density at radius 3 is 2.81 bits per heavy atom. The van der Waals surface area contributed by atoms with Gasteiger partial charge in [0, 0.05) is 0 Å². The highest BCUT2D eigenvalue weighted by Crippen LogP contribution is 2.62. The maximum absolute atomic E-state index is 10.5. The number of fused-ring (bicyclic) bond motifs is 5. The zero-order valence-corrected chi connectivity index (χ0v) is 13.0. The van der Waals surface area contributed by atoms with Crippen LogP contribution in [0, 0.1) is 23.2 Å². The molecule has 0 unspecified atom stereocenters. The molecule has 0 bridgehead atoms. The molecule has 0 aromatic heterocycles. The molecule has 21 heavy (non-hydrogen) atoms. The molecule has 1 aromatic carbocycles. The van der Waals surface area contributed by atoms with Crippen molar-refractivity contribution in [1.29, 1.82) is 0 Å². The van der Waals surface area contributed by atoms with E-state index in [4.69, 9.17) is 0 Å². The summed E-state index contributed by atoms with van der Waals surface area (Å²) in [5.41, 5.74) is 2.96. The molecule has 2 heteroatoms. The van der Waals surface area contributed by atoms with E-state index < -0.39 is 0 Å². The number of aliphatic hydroxyl groups is 1.